The Balaban J connectivity index is 2.39. The molecule has 0 aliphatic rings. The topological polar surface area (TPSA) is 32.3 Å². The normalized spacial score (nSPS) is 12.6. The van der Waals surface area contributed by atoms with Gasteiger partial charge in [0.25, 0.3) is 0 Å². The fourth-order valence-electron chi connectivity index (χ4n) is 2.17. The molecule has 0 fully saturated rings. The molecule has 2 N–H and O–H groups in total. The van der Waals surface area contributed by atoms with Gasteiger partial charge in [-0.25, -0.2) is 5.48 Å². The Bertz CT molecular complexity index is 401. The van der Waals surface area contributed by atoms with Gasteiger partial charge in [-0.2, -0.15) is 0 Å². The zero-order valence-electron chi connectivity index (χ0n) is 9.88. The lowest BCUT2D eigenvalue weighted by Gasteiger charge is -2.23. The summed E-state index contributed by atoms with van der Waals surface area (Å²) in [5, 5.41) is 9.18. The molecule has 2 aromatic rings. The fourth-order valence-corrected chi connectivity index (χ4v) is 2.17. The monoisotopic (exact) mass is 227 g/mol. The van der Waals surface area contributed by atoms with Gasteiger partial charge in [-0.3, -0.25) is 0 Å². The van der Waals surface area contributed by atoms with Crippen molar-refractivity contribution in [2.24, 2.45) is 0 Å². The van der Waals surface area contributed by atoms with E-state index in [1.54, 1.807) is 0 Å². The van der Waals surface area contributed by atoms with E-state index in [1.807, 2.05) is 43.3 Å². The van der Waals surface area contributed by atoms with Crippen LogP contribution in [0.3, 0.4) is 0 Å². The molecule has 17 heavy (non-hydrogen) atoms. The van der Waals surface area contributed by atoms with E-state index in [-0.39, 0.29) is 12.0 Å². The third-order valence-corrected chi connectivity index (χ3v) is 3.02. The van der Waals surface area contributed by atoms with Gasteiger partial charge in [0.15, 0.2) is 0 Å². The number of hydroxylamine groups is 1. The lowest BCUT2D eigenvalue weighted by Crippen LogP contribution is -2.30. The Hall–Kier alpha value is -1.64. The molecule has 0 aliphatic heterocycles. The molecule has 0 bridgehead atoms. The first kappa shape index (κ1) is 11.8. The van der Waals surface area contributed by atoms with Crippen molar-refractivity contribution >= 4 is 0 Å². The molecule has 0 saturated carbocycles. The second-order valence-corrected chi connectivity index (χ2v) is 4.22. The van der Waals surface area contributed by atoms with Gasteiger partial charge in [0, 0.05) is 12.0 Å². The molecular weight excluding hydrogens is 210 g/mol. The number of hydrogen-bond donors (Lipinski definition) is 2. The van der Waals surface area contributed by atoms with Crippen molar-refractivity contribution < 1.29 is 5.21 Å². The number of benzene rings is 2. The molecule has 2 aromatic carbocycles. The van der Waals surface area contributed by atoms with E-state index in [1.165, 1.54) is 11.1 Å². The molecule has 0 amide bonds. The molecule has 0 heterocycles. The summed E-state index contributed by atoms with van der Waals surface area (Å²) in [6.45, 7) is 1.98. The van der Waals surface area contributed by atoms with Crippen LogP contribution < -0.4 is 5.48 Å². The molecule has 2 nitrogen and oxygen atoms in total. The van der Waals surface area contributed by atoms with Crippen LogP contribution >= 0.6 is 0 Å². The minimum Gasteiger partial charge on any atom is -0.317 e. The van der Waals surface area contributed by atoms with E-state index in [2.05, 4.69) is 29.7 Å². The molecule has 0 saturated heterocycles. The summed E-state index contributed by atoms with van der Waals surface area (Å²) >= 11 is 0. The quantitative estimate of drug-likeness (QED) is 0.786. The van der Waals surface area contributed by atoms with Crippen LogP contribution in [-0.4, -0.2) is 11.2 Å². The van der Waals surface area contributed by atoms with E-state index in [0.717, 1.165) is 0 Å². The standard InChI is InChI=1S/C15H17NO/c1-12(16-17)15(13-8-4-2-5-9-13)14-10-6-3-7-11-14/h2-12,15-17H,1H3/t12-/m0/s1. The van der Waals surface area contributed by atoms with Gasteiger partial charge in [-0.05, 0) is 18.1 Å². The summed E-state index contributed by atoms with van der Waals surface area (Å²) in [5.41, 5.74) is 4.77. The van der Waals surface area contributed by atoms with E-state index >= 15 is 0 Å². The number of nitrogens with one attached hydrogen (secondary N) is 1. The lowest BCUT2D eigenvalue weighted by atomic mass is 9.86. The average molecular weight is 227 g/mol. The van der Waals surface area contributed by atoms with Crippen molar-refractivity contribution in [1.29, 1.82) is 0 Å². The highest BCUT2D eigenvalue weighted by Gasteiger charge is 2.20. The van der Waals surface area contributed by atoms with Gasteiger partial charge in [0.2, 0.25) is 0 Å². The highest BCUT2D eigenvalue weighted by atomic mass is 16.5. The minimum absolute atomic E-state index is 0.0280. The molecule has 2 rings (SSSR count). The fraction of sp³-hybridized carbons (Fsp3) is 0.200. The van der Waals surface area contributed by atoms with E-state index in [0.29, 0.717) is 0 Å². The van der Waals surface area contributed by atoms with Gasteiger partial charge in [-0.1, -0.05) is 60.7 Å². The summed E-state index contributed by atoms with van der Waals surface area (Å²) in [6, 6.07) is 20.4. The van der Waals surface area contributed by atoms with E-state index in [9.17, 15) is 5.21 Å². The maximum Gasteiger partial charge on any atom is 0.0400 e. The Morgan fingerprint density at radius 3 is 1.59 bits per heavy atom. The molecular formula is C15H17NO. The predicted molar refractivity (Wildman–Crippen MR) is 69.1 cm³/mol. The second kappa shape index (κ2) is 5.62. The highest BCUT2D eigenvalue weighted by Crippen LogP contribution is 2.27. The average Bonchev–Trinajstić information content (AvgIpc) is 2.41. The molecule has 1 atom stereocenters. The smallest absolute Gasteiger partial charge is 0.0400 e. The van der Waals surface area contributed by atoms with Crippen molar-refractivity contribution in [2.75, 3.05) is 0 Å². The van der Waals surface area contributed by atoms with Crippen molar-refractivity contribution in [1.82, 2.24) is 5.48 Å². The van der Waals surface area contributed by atoms with E-state index < -0.39 is 0 Å². The Kier molecular flexibility index (Phi) is 3.91. The summed E-state index contributed by atoms with van der Waals surface area (Å²) in [4.78, 5) is 0. The molecule has 0 unspecified atom stereocenters. The van der Waals surface area contributed by atoms with E-state index in [4.69, 9.17) is 0 Å². The van der Waals surface area contributed by atoms with Crippen molar-refractivity contribution in [2.45, 2.75) is 18.9 Å². The molecule has 0 aliphatic carbocycles. The first-order valence-corrected chi connectivity index (χ1v) is 5.82. The summed E-state index contributed by atoms with van der Waals surface area (Å²) in [6.07, 6.45) is 0. The van der Waals surface area contributed by atoms with Gasteiger partial charge in [0.1, 0.15) is 0 Å². The summed E-state index contributed by atoms with van der Waals surface area (Å²) in [7, 11) is 0. The predicted octanol–water partition coefficient (Wildman–Crippen LogP) is 3.19. The minimum atomic E-state index is -0.0280. The molecule has 0 spiro atoms. The first-order valence-electron chi connectivity index (χ1n) is 5.82. The summed E-state index contributed by atoms with van der Waals surface area (Å²) < 4.78 is 0. The van der Waals surface area contributed by atoms with Crippen LogP contribution in [0, 0.1) is 0 Å². The third kappa shape index (κ3) is 2.73. The maximum absolute atomic E-state index is 9.18. The van der Waals surface area contributed by atoms with Gasteiger partial charge in [-0.15, -0.1) is 0 Å². The SMILES string of the molecule is C[C@H](NO)C(c1ccccc1)c1ccccc1. The van der Waals surface area contributed by atoms with Gasteiger partial charge in [0.05, 0.1) is 0 Å². The summed E-state index contributed by atoms with van der Waals surface area (Å²) in [5.74, 6) is 0.155. The largest absolute Gasteiger partial charge is 0.317 e. The van der Waals surface area contributed by atoms with Crippen LogP contribution in [0.15, 0.2) is 60.7 Å². The van der Waals surface area contributed by atoms with Crippen LogP contribution in [0.5, 0.6) is 0 Å². The molecule has 2 heteroatoms. The number of rotatable bonds is 4. The van der Waals surface area contributed by atoms with Crippen LogP contribution in [0.4, 0.5) is 0 Å². The highest BCUT2D eigenvalue weighted by molar-refractivity contribution is 5.33. The molecule has 0 aromatic heterocycles. The first-order chi connectivity index (χ1) is 8.33. The van der Waals surface area contributed by atoms with Gasteiger partial charge >= 0.3 is 0 Å². The van der Waals surface area contributed by atoms with Crippen LogP contribution in [0.1, 0.15) is 24.0 Å². The molecule has 88 valence electrons. The Morgan fingerprint density at radius 1 is 0.824 bits per heavy atom. The Labute approximate surface area is 102 Å². The van der Waals surface area contributed by atoms with Crippen molar-refractivity contribution in [3.63, 3.8) is 0 Å². The van der Waals surface area contributed by atoms with Crippen molar-refractivity contribution in [3.05, 3.63) is 71.8 Å². The van der Waals surface area contributed by atoms with Crippen LogP contribution in [0.2, 0.25) is 0 Å². The number of hydrogen-bond acceptors (Lipinski definition) is 2. The zero-order valence-corrected chi connectivity index (χ0v) is 9.88. The van der Waals surface area contributed by atoms with Crippen LogP contribution in [0.25, 0.3) is 0 Å². The lowest BCUT2D eigenvalue weighted by molar-refractivity contribution is 0.126. The van der Waals surface area contributed by atoms with Gasteiger partial charge < -0.3 is 5.21 Å². The van der Waals surface area contributed by atoms with Crippen molar-refractivity contribution in [3.8, 4) is 0 Å². The Morgan fingerprint density at radius 2 is 1.24 bits per heavy atom. The van der Waals surface area contributed by atoms with Crippen LogP contribution in [-0.2, 0) is 0 Å². The maximum atomic E-state index is 9.18. The molecule has 0 radical (unpaired) electrons. The third-order valence-electron chi connectivity index (χ3n) is 3.02. The zero-order chi connectivity index (χ0) is 12.1. The second-order valence-electron chi connectivity index (χ2n) is 4.22.